The maximum absolute atomic E-state index is 11.6. The second-order valence-corrected chi connectivity index (χ2v) is 5.05. The van der Waals surface area contributed by atoms with Crippen LogP contribution >= 0.6 is 0 Å². The average Bonchev–Trinajstić information content (AvgIpc) is 2.81. The molecule has 1 heterocycles. The van der Waals surface area contributed by atoms with Crippen molar-refractivity contribution in [1.29, 1.82) is 0 Å². The molecule has 1 saturated heterocycles. The van der Waals surface area contributed by atoms with Gasteiger partial charge in [-0.3, -0.25) is 4.79 Å². The van der Waals surface area contributed by atoms with E-state index in [9.17, 15) is 4.79 Å². The maximum atomic E-state index is 11.6. The molecular weight excluding hydrogens is 202 g/mol. The summed E-state index contributed by atoms with van der Waals surface area (Å²) in [4.78, 5) is 14.0. The van der Waals surface area contributed by atoms with Crippen molar-refractivity contribution in [2.24, 2.45) is 0 Å². The minimum absolute atomic E-state index is 0.0128. The van der Waals surface area contributed by atoms with Gasteiger partial charge in [0.1, 0.15) is 6.10 Å². The van der Waals surface area contributed by atoms with Crippen LogP contribution < -0.4 is 0 Å². The van der Waals surface area contributed by atoms with Gasteiger partial charge in [0.2, 0.25) is 0 Å². The number of carbonyl (C=O) groups is 1. The summed E-state index contributed by atoms with van der Waals surface area (Å²) in [6.45, 7) is 3.22. The molecule has 1 aliphatic carbocycles. The van der Waals surface area contributed by atoms with Gasteiger partial charge in [0.15, 0.2) is 0 Å². The Morgan fingerprint density at radius 2 is 1.75 bits per heavy atom. The second-order valence-electron chi connectivity index (χ2n) is 5.05. The Labute approximate surface area is 98.1 Å². The summed E-state index contributed by atoms with van der Waals surface area (Å²) in [5.41, 5.74) is 0. The Hall–Kier alpha value is -0.570. The molecule has 0 aromatic rings. The molecule has 0 radical (unpaired) electrons. The maximum Gasteiger partial charge on any atom is 0.307 e. The highest BCUT2D eigenvalue weighted by Gasteiger charge is 2.18. The Kier molecular flexibility index (Phi) is 4.64. The normalized spacial score (nSPS) is 23.5. The molecule has 3 nitrogen and oxygen atoms in total. The van der Waals surface area contributed by atoms with Gasteiger partial charge in [-0.15, -0.1) is 0 Å². The third kappa shape index (κ3) is 3.78. The van der Waals surface area contributed by atoms with Gasteiger partial charge in [-0.25, -0.2) is 0 Å². The van der Waals surface area contributed by atoms with Crippen LogP contribution in [0.3, 0.4) is 0 Å². The molecular formula is C13H23NO2. The molecule has 2 rings (SSSR count). The van der Waals surface area contributed by atoms with Crippen molar-refractivity contribution in [2.45, 2.75) is 57.5 Å². The molecule has 2 fully saturated rings. The summed E-state index contributed by atoms with van der Waals surface area (Å²) in [5.74, 6) is 0.0128. The van der Waals surface area contributed by atoms with Crippen LogP contribution in [-0.2, 0) is 9.53 Å². The fourth-order valence-corrected chi connectivity index (χ4v) is 2.68. The van der Waals surface area contributed by atoms with Crippen molar-refractivity contribution >= 4 is 5.97 Å². The molecule has 16 heavy (non-hydrogen) atoms. The van der Waals surface area contributed by atoms with Gasteiger partial charge in [-0.2, -0.15) is 0 Å². The number of nitrogens with zero attached hydrogens (tertiary/aromatic N) is 1. The van der Waals surface area contributed by atoms with Crippen LogP contribution in [0.4, 0.5) is 0 Å². The predicted octanol–water partition coefficient (Wildman–Crippen LogP) is 2.35. The number of likely N-dealkylation sites (tertiary alicyclic amines) is 1. The number of ether oxygens (including phenoxy) is 1. The summed E-state index contributed by atoms with van der Waals surface area (Å²) >= 11 is 0. The van der Waals surface area contributed by atoms with Gasteiger partial charge >= 0.3 is 5.97 Å². The fraction of sp³-hybridized carbons (Fsp3) is 0.923. The van der Waals surface area contributed by atoms with Crippen LogP contribution in [0.15, 0.2) is 0 Å². The van der Waals surface area contributed by atoms with Crippen LogP contribution in [0.2, 0.25) is 0 Å². The molecule has 0 N–H and O–H groups in total. The first-order chi connectivity index (χ1) is 7.84. The summed E-state index contributed by atoms with van der Waals surface area (Å²) < 4.78 is 5.49. The van der Waals surface area contributed by atoms with Crippen LogP contribution in [0.5, 0.6) is 0 Å². The lowest BCUT2D eigenvalue weighted by molar-refractivity contribution is -0.150. The Balaban J connectivity index is 1.59. The van der Waals surface area contributed by atoms with Gasteiger partial charge in [-0.05, 0) is 51.6 Å². The third-order valence-electron chi connectivity index (χ3n) is 3.68. The predicted molar refractivity (Wildman–Crippen MR) is 63.3 cm³/mol. The second kappa shape index (κ2) is 6.24. The SMILES string of the molecule is O=C(CCN1CCCC1)OC1CCCCC1. The van der Waals surface area contributed by atoms with Gasteiger partial charge in [0.05, 0.1) is 6.42 Å². The molecule has 0 bridgehead atoms. The number of esters is 1. The van der Waals surface area contributed by atoms with E-state index in [1.165, 1.54) is 32.1 Å². The Bertz CT molecular complexity index is 218. The molecule has 0 aromatic carbocycles. The molecule has 0 unspecified atom stereocenters. The molecule has 1 aliphatic heterocycles. The molecule has 3 heteroatoms. The standard InChI is InChI=1S/C13H23NO2/c15-13(8-11-14-9-4-5-10-14)16-12-6-2-1-3-7-12/h12H,1-11H2. The highest BCUT2D eigenvalue weighted by molar-refractivity contribution is 5.69. The van der Waals surface area contributed by atoms with Crippen molar-refractivity contribution in [3.63, 3.8) is 0 Å². The van der Waals surface area contributed by atoms with Crippen LogP contribution in [0, 0.1) is 0 Å². The molecule has 0 amide bonds. The van der Waals surface area contributed by atoms with Crippen LogP contribution in [0.25, 0.3) is 0 Å². The van der Waals surface area contributed by atoms with Gasteiger partial charge in [0, 0.05) is 6.54 Å². The number of hydrogen-bond donors (Lipinski definition) is 0. The van der Waals surface area contributed by atoms with E-state index in [1.54, 1.807) is 0 Å². The van der Waals surface area contributed by atoms with Crippen molar-refractivity contribution in [1.82, 2.24) is 4.90 Å². The molecule has 0 atom stereocenters. The van der Waals surface area contributed by atoms with Gasteiger partial charge < -0.3 is 9.64 Å². The van der Waals surface area contributed by atoms with E-state index in [0.717, 1.165) is 32.5 Å². The average molecular weight is 225 g/mol. The summed E-state index contributed by atoms with van der Waals surface area (Å²) in [7, 11) is 0. The van der Waals surface area contributed by atoms with E-state index >= 15 is 0 Å². The quantitative estimate of drug-likeness (QED) is 0.688. The Morgan fingerprint density at radius 1 is 1.06 bits per heavy atom. The third-order valence-corrected chi connectivity index (χ3v) is 3.68. The molecule has 2 aliphatic rings. The van der Waals surface area contributed by atoms with E-state index < -0.39 is 0 Å². The first-order valence-electron chi connectivity index (χ1n) is 6.76. The van der Waals surface area contributed by atoms with E-state index in [1.807, 2.05) is 0 Å². The summed E-state index contributed by atoms with van der Waals surface area (Å²) in [6, 6.07) is 0. The van der Waals surface area contributed by atoms with E-state index in [0.29, 0.717) is 6.42 Å². The first kappa shape index (κ1) is 11.9. The fourth-order valence-electron chi connectivity index (χ4n) is 2.68. The van der Waals surface area contributed by atoms with Gasteiger partial charge in [-0.1, -0.05) is 6.42 Å². The Morgan fingerprint density at radius 3 is 2.44 bits per heavy atom. The highest BCUT2D eigenvalue weighted by atomic mass is 16.5. The zero-order valence-electron chi connectivity index (χ0n) is 10.1. The molecule has 0 aromatic heterocycles. The van der Waals surface area contributed by atoms with Crippen LogP contribution in [0.1, 0.15) is 51.4 Å². The lowest BCUT2D eigenvalue weighted by atomic mass is 9.98. The zero-order chi connectivity index (χ0) is 11.2. The van der Waals surface area contributed by atoms with Crippen molar-refractivity contribution in [3.05, 3.63) is 0 Å². The minimum atomic E-state index is 0.0128. The number of hydrogen-bond acceptors (Lipinski definition) is 3. The topological polar surface area (TPSA) is 29.5 Å². The smallest absolute Gasteiger partial charge is 0.307 e. The van der Waals surface area contributed by atoms with Crippen LogP contribution in [-0.4, -0.2) is 36.6 Å². The summed E-state index contributed by atoms with van der Waals surface area (Å²) in [5, 5.41) is 0. The molecule has 0 spiro atoms. The van der Waals surface area contributed by atoms with Gasteiger partial charge in [0.25, 0.3) is 0 Å². The van der Waals surface area contributed by atoms with Crippen molar-refractivity contribution < 1.29 is 9.53 Å². The first-order valence-corrected chi connectivity index (χ1v) is 6.76. The van der Waals surface area contributed by atoms with E-state index in [-0.39, 0.29) is 12.1 Å². The zero-order valence-corrected chi connectivity index (χ0v) is 10.1. The monoisotopic (exact) mass is 225 g/mol. The lowest BCUT2D eigenvalue weighted by Crippen LogP contribution is -2.26. The summed E-state index contributed by atoms with van der Waals surface area (Å²) in [6.07, 6.45) is 9.30. The molecule has 1 saturated carbocycles. The largest absolute Gasteiger partial charge is 0.462 e. The highest BCUT2D eigenvalue weighted by Crippen LogP contribution is 2.20. The molecule has 92 valence electrons. The van der Waals surface area contributed by atoms with E-state index in [4.69, 9.17) is 4.74 Å². The number of rotatable bonds is 4. The number of carbonyl (C=O) groups excluding carboxylic acids is 1. The van der Waals surface area contributed by atoms with Crippen molar-refractivity contribution in [3.8, 4) is 0 Å². The van der Waals surface area contributed by atoms with Crippen molar-refractivity contribution in [2.75, 3.05) is 19.6 Å². The minimum Gasteiger partial charge on any atom is -0.462 e. The lowest BCUT2D eigenvalue weighted by Gasteiger charge is -2.22. The van der Waals surface area contributed by atoms with E-state index in [2.05, 4.69) is 4.90 Å².